The summed E-state index contributed by atoms with van der Waals surface area (Å²) in [6.07, 6.45) is 9.90. The van der Waals surface area contributed by atoms with Crippen molar-refractivity contribution in [3.8, 4) is 0 Å². The summed E-state index contributed by atoms with van der Waals surface area (Å²) in [4.78, 5) is 12.9. The zero-order chi connectivity index (χ0) is 39.7. The minimum absolute atomic E-state index is 0.262. The predicted molar refractivity (Wildman–Crippen MR) is 203 cm³/mol. The van der Waals surface area contributed by atoms with Crippen LogP contribution in [0.15, 0.2) is 24.3 Å². The van der Waals surface area contributed by atoms with Crippen molar-refractivity contribution in [2.24, 2.45) is 0 Å². The zero-order valence-electron chi connectivity index (χ0n) is 32.7. The number of hydrogen-bond acceptors (Lipinski definition) is 13. The van der Waals surface area contributed by atoms with Gasteiger partial charge in [0.05, 0.1) is 32.0 Å². The van der Waals surface area contributed by atoms with E-state index in [1.165, 1.54) is 51.4 Å². The van der Waals surface area contributed by atoms with Gasteiger partial charge in [0.2, 0.25) is 5.91 Å². The minimum atomic E-state index is -1.79. The molecule has 2 rings (SSSR count). The molecule has 0 aromatic rings. The molecule has 9 N–H and O–H groups in total. The summed E-state index contributed by atoms with van der Waals surface area (Å²) in [7, 11) is 0. The molecule has 2 aliphatic rings. The van der Waals surface area contributed by atoms with Crippen LogP contribution in [0.2, 0.25) is 0 Å². The van der Waals surface area contributed by atoms with Crippen LogP contribution in [-0.2, 0) is 23.7 Å². The number of unbranched alkanes of at least 4 members (excludes halogenated alkanes) is 14. The van der Waals surface area contributed by atoms with Gasteiger partial charge in [0.1, 0.15) is 48.8 Å². The van der Waals surface area contributed by atoms with Crippen molar-refractivity contribution >= 4 is 5.91 Å². The fraction of sp³-hybridized carbons (Fsp3) is 0.875. The molecule has 12 atom stereocenters. The maximum Gasteiger partial charge on any atom is 0.220 e. The van der Waals surface area contributed by atoms with Gasteiger partial charge in [-0.15, -0.1) is 0 Å². The number of rotatable bonds is 29. The quantitative estimate of drug-likeness (QED) is 0.0394. The number of nitrogens with one attached hydrogen (secondary N) is 1. The van der Waals surface area contributed by atoms with E-state index in [0.29, 0.717) is 12.8 Å². The highest BCUT2D eigenvalue weighted by Gasteiger charge is 2.50. The second-order valence-electron chi connectivity index (χ2n) is 14.8. The fourth-order valence-corrected chi connectivity index (χ4v) is 6.66. The van der Waals surface area contributed by atoms with Crippen LogP contribution in [0.25, 0.3) is 0 Å². The van der Waals surface area contributed by atoms with E-state index in [-0.39, 0.29) is 18.9 Å². The smallest absolute Gasteiger partial charge is 0.220 e. The third-order valence-corrected chi connectivity index (χ3v) is 10.1. The number of amides is 1. The number of carbonyl (C=O) groups is 1. The normalized spacial score (nSPS) is 30.3. The van der Waals surface area contributed by atoms with Gasteiger partial charge in [-0.05, 0) is 32.1 Å². The first-order valence-corrected chi connectivity index (χ1v) is 20.6. The Bertz CT molecular complexity index is 1010. The van der Waals surface area contributed by atoms with Crippen molar-refractivity contribution in [3.63, 3.8) is 0 Å². The van der Waals surface area contributed by atoms with Crippen molar-refractivity contribution in [2.45, 2.75) is 203 Å². The molecule has 12 unspecified atom stereocenters. The summed E-state index contributed by atoms with van der Waals surface area (Å²) < 4.78 is 22.5. The zero-order valence-corrected chi connectivity index (χ0v) is 32.7. The highest BCUT2D eigenvalue weighted by atomic mass is 16.7. The van der Waals surface area contributed by atoms with E-state index in [4.69, 9.17) is 18.9 Å². The molecular formula is C40H73NO13. The van der Waals surface area contributed by atoms with Gasteiger partial charge < -0.3 is 65.1 Å². The molecule has 0 saturated carbocycles. The number of aliphatic hydroxyl groups is 8. The summed E-state index contributed by atoms with van der Waals surface area (Å²) in [5, 5.41) is 85.9. The molecule has 0 aliphatic carbocycles. The van der Waals surface area contributed by atoms with Gasteiger partial charge in [-0.1, -0.05) is 115 Å². The Morgan fingerprint density at radius 3 is 1.81 bits per heavy atom. The predicted octanol–water partition coefficient (Wildman–Crippen LogP) is 2.65. The van der Waals surface area contributed by atoms with Gasteiger partial charge in [-0.2, -0.15) is 0 Å². The Morgan fingerprint density at radius 2 is 1.19 bits per heavy atom. The van der Waals surface area contributed by atoms with Gasteiger partial charge in [0.15, 0.2) is 12.6 Å². The molecule has 14 nitrogen and oxygen atoms in total. The molecule has 0 bridgehead atoms. The van der Waals surface area contributed by atoms with E-state index in [0.717, 1.165) is 44.9 Å². The molecule has 2 aliphatic heterocycles. The molecule has 0 radical (unpaired) electrons. The van der Waals surface area contributed by atoms with Crippen LogP contribution in [0.3, 0.4) is 0 Å². The fourth-order valence-electron chi connectivity index (χ4n) is 6.66. The Morgan fingerprint density at radius 1 is 0.648 bits per heavy atom. The Labute approximate surface area is 322 Å². The van der Waals surface area contributed by atoms with Crippen LogP contribution >= 0.6 is 0 Å². The topological polar surface area (TPSA) is 228 Å². The average Bonchev–Trinajstić information content (AvgIpc) is 3.17. The van der Waals surface area contributed by atoms with E-state index >= 15 is 0 Å². The Balaban J connectivity index is 1.94. The van der Waals surface area contributed by atoms with E-state index in [2.05, 4.69) is 31.3 Å². The van der Waals surface area contributed by atoms with Gasteiger partial charge in [-0.25, -0.2) is 0 Å². The van der Waals surface area contributed by atoms with Crippen LogP contribution in [0.5, 0.6) is 0 Å². The molecule has 2 heterocycles. The molecule has 54 heavy (non-hydrogen) atoms. The molecule has 0 aromatic heterocycles. The van der Waals surface area contributed by atoms with Crippen LogP contribution < -0.4 is 5.32 Å². The molecule has 14 heteroatoms. The second-order valence-corrected chi connectivity index (χ2v) is 14.8. The lowest BCUT2D eigenvalue weighted by molar-refractivity contribution is -0.359. The number of carbonyl (C=O) groups excluding carboxylic acids is 1. The Kier molecular flexibility index (Phi) is 25.9. The number of allylic oxidation sites excluding steroid dienone is 3. The third-order valence-electron chi connectivity index (χ3n) is 10.1. The highest BCUT2D eigenvalue weighted by Crippen LogP contribution is 2.29. The van der Waals surface area contributed by atoms with Crippen LogP contribution in [0.1, 0.15) is 129 Å². The summed E-state index contributed by atoms with van der Waals surface area (Å²) in [6.45, 7) is 2.64. The molecule has 2 saturated heterocycles. The van der Waals surface area contributed by atoms with Crippen LogP contribution in [0.4, 0.5) is 0 Å². The van der Waals surface area contributed by atoms with Crippen molar-refractivity contribution in [3.05, 3.63) is 24.3 Å². The van der Waals surface area contributed by atoms with Gasteiger partial charge >= 0.3 is 0 Å². The van der Waals surface area contributed by atoms with Crippen molar-refractivity contribution in [1.82, 2.24) is 5.32 Å². The summed E-state index contributed by atoms with van der Waals surface area (Å²) in [5.41, 5.74) is 0. The summed E-state index contributed by atoms with van der Waals surface area (Å²) in [5.74, 6) is -0.262. The highest BCUT2D eigenvalue weighted by molar-refractivity contribution is 5.76. The second kappa shape index (κ2) is 28.8. The molecular weight excluding hydrogens is 702 g/mol. The molecule has 316 valence electrons. The van der Waals surface area contributed by atoms with E-state index in [1.54, 1.807) is 6.08 Å². The van der Waals surface area contributed by atoms with Crippen LogP contribution in [0, 0.1) is 0 Å². The monoisotopic (exact) mass is 776 g/mol. The summed E-state index contributed by atoms with van der Waals surface area (Å²) >= 11 is 0. The maximum atomic E-state index is 12.9. The molecule has 2 fully saturated rings. The lowest BCUT2D eigenvalue weighted by Gasteiger charge is -2.46. The van der Waals surface area contributed by atoms with Crippen molar-refractivity contribution < 1.29 is 64.6 Å². The largest absolute Gasteiger partial charge is 0.394 e. The number of aliphatic hydroxyl groups excluding tert-OH is 8. The van der Waals surface area contributed by atoms with E-state index in [9.17, 15) is 45.6 Å². The van der Waals surface area contributed by atoms with Crippen molar-refractivity contribution in [1.29, 1.82) is 0 Å². The SMILES string of the molecule is CCCCCCCCCC/C=C/CC/C=C/C(O)C(COC1OC(CO)C(OC2OC(CO)C(O)C(O)C2O)C(O)C1O)NC(=O)CCCCCCCC. The van der Waals surface area contributed by atoms with Gasteiger partial charge in [0.25, 0.3) is 0 Å². The lowest BCUT2D eigenvalue weighted by Crippen LogP contribution is -2.65. The first-order valence-electron chi connectivity index (χ1n) is 20.6. The van der Waals surface area contributed by atoms with Gasteiger partial charge in [-0.3, -0.25) is 4.79 Å². The minimum Gasteiger partial charge on any atom is -0.394 e. The van der Waals surface area contributed by atoms with E-state index in [1.807, 2.05) is 6.08 Å². The first kappa shape index (κ1) is 48.6. The summed E-state index contributed by atoms with van der Waals surface area (Å²) in [6, 6.07) is -0.921. The van der Waals surface area contributed by atoms with E-state index < -0.39 is 86.8 Å². The average molecular weight is 776 g/mol. The first-order chi connectivity index (χ1) is 26.1. The standard InChI is InChI=1S/C40H73NO13/c1-3-5-7-9-11-12-13-14-15-16-17-18-19-21-23-29(44)28(41-32(45)24-22-20-10-8-6-4-2)27-51-39-37(50)35(48)38(31(26-43)53-39)54-40-36(49)34(47)33(46)30(25-42)52-40/h16-17,21,23,28-31,33-40,42-44,46-50H,3-15,18-20,22,24-27H2,1-2H3,(H,41,45)/b17-16+,23-21+. The molecule has 0 spiro atoms. The maximum absolute atomic E-state index is 12.9. The van der Waals surface area contributed by atoms with Gasteiger partial charge in [0, 0.05) is 6.42 Å². The van der Waals surface area contributed by atoms with Crippen molar-refractivity contribution in [2.75, 3.05) is 19.8 Å². The Hall–Kier alpha value is -1.53. The third kappa shape index (κ3) is 17.7. The molecule has 0 aromatic carbocycles. The lowest BCUT2D eigenvalue weighted by atomic mass is 9.97. The molecule has 1 amide bonds. The number of hydrogen-bond donors (Lipinski definition) is 9. The van der Waals surface area contributed by atoms with Crippen LogP contribution in [-0.4, -0.2) is 140 Å². The number of ether oxygens (including phenoxy) is 4.